The van der Waals surface area contributed by atoms with Crippen molar-refractivity contribution in [1.82, 2.24) is 10.2 Å². The van der Waals surface area contributed by atoms with Crippen molar-refractivity contribution in [3.05, 3.63) is 78.4 Å². The number of aromatic amines is 1. The number of aryl methyl sites for hydroxylation is 1. The molecular weight excluding hydrogens is 450 g/mol. The number of nitro groups is 2. The molecule has 1 heterocycles. The van der Waals surface area contributed by atoms with Crippen LogP contribution in [0.4, 0.5) is 17.2 Å². The van der Waals surface area contributed by atoms with Crippen LogP contribution in [0.3, 0.4) is 0 Å². The number of para-hydroxylation sites is 1. The minimum absolute atomic E-state index is 0.0605. The molecule has 0 spiro atoms. The highest BCUT2D eigenvalue weighted by molar-refractivity contribution is 9.10. The van der Waals surface area contributed by atoms with Gasteiger partial charge >= 0.3 is 5.82 Å². The summed E-state index contributed by atoms with van der Waals surface area (Å²) in [6.07, 6.45) is 0. The van der Waals surface area contributed by atoms with E-state index >= 15 is 0 Å². The molecule has 1 amide bonds. The maximum absolute atomic E-state index is 12.4. The maximum atomic E-state index is 12.4. The lowest BCUT2D eigenvalue weighted by atomic mass is 10.2. The maximum Gasteiger partial charge on any atom is 0.357 e. The minimum Gasteiger partial charge on any atom is -0.457 e. The van der Waals surface area contributed by atoms with E-state index in [0.717, 1.165) is 11.6 Å². The standard InChI is InChI=1S/C17H12BrN5O6/c1-9-4-2-3-5-13(9)29-12-7-10(6-11(8-12)22(25)26)19-17(24)15-14(18)16(21-20-15)23(27)28/h2-8H,1H3,(H,19,24)(H,20,21). The zero-order valence-electron chi connectivity index (χ0n) is 14.7. The van der Waals surface area contributed by atoms with E-state index in [2.05, 4.69) is 31.4 Å². The van der Waals surface area contributed by atoms with Crippen molar-refractivity contribution in [3.63, 3.8) is 0 Å². The molecule has 11 nitrogen and oxygen atoms in total. The summed E-state index contributed by atoms with van der Waals surface area (Å²) in [6, 6.07) is 10.8. The van der Waals surface area contributed by atoms with E-state index in [-0.39, 0.29) is 27.3 Å². The smallest absolute Gasteiger partial charge is 0.357 e. The van der Waals surface area contributed by atoms with Crippen molar-refractivity contribution in [2.75, 3.05) is 5.32 Å². The molecule has 0 aliphatic carbocycles. The van der Waals surface area contributed by atoms with Crippen LogP contribution in [0.25, 0.3) is 0 Å². The molecule has 0 fully saturated rings. The summed E-state index contributed by atoms with van der Waals surface area (Å²) >= 11 is 2.94. The summed E-state index contributed by atoms with van der Waals surface area (Å²) < 4.78 is 5.57. The Morgan fingerprint density at radius 2 is 1.90 bits per heavy atom. The van der Waals surface area contributed by atoms with E-state index in [4.69, 9.17) is 4.74 Å². The summed E-state index contributed by atoms with van der Waals surface area (Å²) in [7, 11) is 0. The van der Waals surface area contributed by atoms with Gasteiger partial charge in [0, 0.05) is 12.1 Å². The van der Waals surface area contributed by atoms with Gasteiger partial charge in [-0.1, -0.05) is 23.3 Å². The summed E-state index contributed by atoms with van der Waals surface area (Å²) in [5, 5.41) is 30.3. The first kappa shape index (κ1) is 19.9. The first-order valence-electron chi connectivity index (χ1n) is 7.99. The zero-order valence-corrected chi connectivity index (χ0v) is 16.3. The third kappa shape index (κ3) is 4.38. The number of ether oxygens (including phenoxy) is 1. The number of benzene rings is 2. The van der Waals surface area contributed by atoms with Crippen molar-refractivity contribution in [3.8, 4) is 11.5 Å². The molecule has 2 aromatic carbocycles. The highest BCUT2D eigenvalue weighted by atomic mass is 79.9. The highest BCUT2D eigenvalue weighted by Crippen LogP contribution is 2.32. The number of nitrogens with zero attached hydrogens (tertiary/aromatic N) is 3. The molecule has 0 aliphatic heterocycles. The topological polar surface area (TPSA) is 153 Å². The zero-order chi connectivity index (χ0) is 21.1. The molecule has 12 heteroatoms. The number of nitro benzene ring substituents is 1. The van der Waals surface area contributed by atoms with Crippen LogP contribution in [-0.4, -0.2) is 26.0 Å². The molecule has 0 atom stereocenters. The van der Waals surface area contributed by atoms with Gasteiger partial charge in [-0.2, -0.15) is 0 Å². The summed E-state index contributed by atoms with van der Waals surface area (Å²) in [5.41, 5.74) is 0.297. The fourth-order valence-corrected chi connectivity index (χ4v) is 2.90. The second-order valence-corrected chi connectivity index (χ2v) is 6.58. The van der Waals surface area contributed by atoms with E-state index < -0.39 is 21.6 Å². The molecule has 0 radical (unpaired) electrons. The van der Waals surface area contributed by atoms with Crippen molar-refractivity contribution in [2.24, 2.45) is 0 Å². The van der Waals surface area contributed by atoms with Gasteiger partial charge in [0.2, 0.25) is 0 Å². The van der Waals surface area contributed by atoms with Gasteiger partial charge in [0.15, 0.2) is 5.69 Å². The number of hydrogen-bond acceptors (Lipinski definition) is 7. The molecule has 0 unspecified atom stereocenters. The van der Waals surface area contributed by atoms with Gasteiger partial charge in [-0.3, -0.25) is 14.9 Å². The molecule has 29 heavy (non-hydrogen) atoms. The quantitative estimate of drug-likeness (QED) is 0.408. The summed E-state index contributed by atoms with van der Waals surface area (Å²) in [5.74, 6) is -0.659. The van der Waals surface area contributed by atoms with Crippen molar-refractivity contribution >= 4 is 39.0 Å². The van der Waals surface area contributed by atoms with Crippen LogP contribution >= 0.6 is 15.9 Å². The number of aromatic nitrogens is 2. The number of nitrogens with one attached hydrogen (secondary N) is 2. The van der Waals surface area contributed by atoms with Crippen molar-refractivity contribution < 1.29 is 19.4 Å². The fraction of sp³-hybridized carbons (Fsp3) is 0.0588. The lowest BCUT2D eigenvalue weighted by molar-refractivity contribution is -0.390. The molecule has 0 saturated carbocycles. The number of non-ortho nitro benzene ring substituents is 1. The Balaban J connectivity index is 1.91. The molecule has 2 N–H and O–H groups in total. The molecule has 0 bridgehead atoms. The normalized spacial score (nSPS) is 10.4. The van der Waals surface area contributed by atoms with Gasteiger partial charge in [-0.05, 0) is 39.4 Å². The first-order chi connectivity index (χ1) is 13.8. The van der Waals surface area contributed by atoms with E-state index in [0.29, 0.717) is 5.75 Å². The van der Waals surface area contributed by atoms with Crippen molar-refractivity contribution in [2.45, 2.75) is 6.92 Å². The SMILES string of the molecule is Cc1ccccc1Oc1cc(NC(=O)c2n[nH]c([N+](=O)[O-])c2Br)cc([N+](=O)[O-])c1. The van der Waals surface area contributed by atoms with Crippen LogP contribution in [0.5, 0.6) is 11.5 Å². The molecule has 3 aromatic rings. The second-order valence-electron chi connectivity index (χ2n) is 5.79. The average Bonchev–Trinajstić information content (AvgIpc) is 3.05. The molecule has 3 rings (SSSR count). The molecule has 0 aliphatic rings. The minimum atomic E-state index is -0.802. The Hall–Kier alpha value is -3.80. The summed E-state index contributed by atoms with van der Waals surface area (Å²) in [4.78, 5) is 33.2. The molecule has 1 aromatic heterocycles. The number of carbonyl (C=O) groups is 1. The fourth-order valence-electron chi connectivity index (χ4n) is 2.40. The monoisotopic (exact) mass is 461 g/mol. The number of carbonyl (C=O) groups excluding carboxylic acids is 1. The largest absolute Gasteiger partial charge is 0.457 e. The number of anilines is 1. The summed E-state index contributed by atoms with van der Waals surface area (Å²) in [6.45, 7) is 1.82. The van der Waals surface area contributed by atoms with Crippen LogP contribution < -0.4 is 10.1 Å². The third-order valence-corrected chi connectivity index (χ3v) is 4.52. The van der Waals surface area contributed by atoms with E-state index in [9.17, 15) is 25.0 Å². The lowest BCUT2D eigenvalue weighted by Crippen LogP contribution is -2.13. The number of halogens is 1. The van der Waals surface area contributed by atoms with Crippen LogP contribution in [0.1, 0.15) is 16.1 Å². The lowest BCUT2D eigenvalue weighted by Gasteiger charge is -2.10. The predicted octanol–water partition coefficient (Wildman–Crippen LogP) is 4.34. The van der Waals surface area contributed by atoms with E-state index in [1.165, 1.54) is 12.1 Å². The Bertz CT molecular complexity index is 1130. The predicted molar refractivity (Wildman–Crippen MR) is 105 cm³/mol. The number of rotatable bonds is 6. The van der Waals surface area contributed by atoms with Gasteiger partial charge in [0.25, 0.3) is 11.6 Å². The van der Waals surface area contributed by atoms with Gasteiger partial charge in [-0.25, -0.2) is 0 Å². The second kappa shape index (κ2) is 8.06. The number of amides is 1. The Labute approximate surface area is 171 Å². The third-order valence-electron chi connectivity index (χ3n) is 3.77. The molecule has 0 saturated heterocycles. The molecular formula is C17H12BrN5O6. The van der Waals surface area contributed by atoms with Crippen LogP contribution in [-0.2, 0) is 0 Å². The Morgan fingerprint density at radius 3 is 2.52 bits per heavy atom. The Morgan fingerprint density at radius 1 is 1.17 bits per heavy atom. The van der Waals surface area contributed by atoms with E-state index in [1.807, 2.05) is 19.1 Å². The number of hydrogen-bond donors (Lipinski definition) is 2. The van der Waals surface area contributed by atoms with Gasteiger partial charge in [0.05, 0.1) is 16.7 Å². The van der Waals surface area contributed by atoms with E-state index in [1.54, 1.807) is 12.1 Å². The van der Waals surface area contributed by atoms with Gasteiger partial charge < -0.3 is 20.2 Å². The number of H-pyrrole nitrogens is 1. The van der Waals surface area contributed by atoms with Crippen LogP contribution in [0, 0.1) is 27.2 Å². The first-order valence-corrected chi connectivity index (χ1v) is 8.78. The molecule has 148 valence electrons. The van der Waals surface area contributed by atoms with Crippen LogP contribution in [0.15, 0.2) is 46.9 Å². The highest BCUT2D eigenvalue weighted by Gasteiger charge is 2.25. The average molecular weight is 462 g/mol. The van der Waals surface area contributed by atoms with Gasteiger partial charge in [0.1, 0.15) is 16.0 Å². The van der Waals surface area contributed by atoms with Crippen LogP contribution in [0.2, 0.25) is 0 Å². The Kier molecular flexibility index (Phi) is 5.54. The van der Waals surface area contributed by atoms with Crippen molar-refractivity contribution in [1.29, 1.82) is 0 Å². The van der Waals surface area contributed by atoms with Gasteiger partial charge in [-0.15, -0.1) is 5.10 Å².